The minimum atomic E-state index is -0.376. The fourth-order valence-electron chi connectivity index (χ4n) is 1.43. The van der Waals surface area contributed by atoms with E-state index in [4.69, 9.17) is 23.2 Å². The number of aromatic nitrogens is 2. The van der Waals surface area contributed by atoms with Gasteiger partial charge < -0.3 is 5.32 Å². The Bertz CT molecular complexity index is 670. The predicted octanol–water partition coefficient (Wildman–Crippen LogP) is 2.19. The molecule has 0 unspecified atom stereocenters. The third-order valence-electron chi connectivity index (χ3n) is 2.31. The van der Waals surface area contributed by atoms with E-state index in [9.17, 15) is 9.59 Å². The fraction of sp³-hybridized carbons (Fsp3) is 0.0833. The molecule has 0 aliphatic heterocycles. The zero-order valence-electron chi connectivity index (χ0n) is 9.64. The van der Waals surface area contributed by atoms with Gasteiger partial charge in [0.1, 0.15) is 6.54 Å². The van der Waals surface area contributed by atoms with Gasteiger partial charge in [-0.1, -0.05) is 23.2 Å². The van der Waals surface area contributed by atoms with E-state index < -0.39 is 0 Å². The highest BCUT2D eigenvalue weighted by molar-refractivity contribution is 6.36. The van der Waals surface area contributed by atoms with E-state index in [1.165, 1.54) is 29.2 Å². The summed E-state index contributed by atoms with van der Waals surface area (Å²) in [6.45, 7) is -0.133. The molecule has 0 spiro atoms. The molecule has 0 fully saturated rings. The van der Waals surface area contributed by atoms with Crippen LogP contribution in [0.4, 0.5) is 5.69 Å². The summed E-state index contributed by atoms with van der Waals surface area (Å²) in [6.07, 6.45) is 2.66. The van der Waals surface area contributed by atoms with Crippen LogP contribution in [0.15, 0.2) is 41.6 Å². The van der Waals surface area contributed by atoms with Crippen LogP contribution in [0.5, 0.6) is 0 Å². The molecule has 1 amide bonds. The van der Waals surface area contributed by atoms with Gasteiger partial charge in [0.05, 0.1) is 17.0 Å². The van der Waals surface area contributed by atoms with Gasteiger partial charge in [0, 0.05) is 17.3 Å². The molecule has 1 heterocycles. The minimum absolute atomic E-state index is 0.133. The Labute approximate surface area is 118 Å². The molecule has 1 aromatic heterocycles. The largest absolute Gasteiger partial charge is 0.323 e. The molecule has 0 radical (unpaired) electrons. The second kappa shape index (κ2) is 5.86. The lowest BCUT2D eigenvalue weighted by Crippen LogP contribution is -2.27. The van der Waals surface area contributed by atoms with Gasteiger partial charge in [0.2, 0.25) is 5.91 Å². The average Bonchev–Trinajstić information content (AvgIpc) is 2.36. The topological polar surface area (TPSA) is 64.0 Å². The molecule has 0 aliphatic carbocycles. The number of hydrogen-bond donors (Lipinski definition) is 1. The smallest absolute Gasteiger partial charge is 0.253 e. The van der Waals surface area contributed by atoms with E-state index in [1.807, 2.05) is 0 Å². The summed E-state index contributed by atoms with van der Waals surface area (Å²) in [5, 5.41) is 3.41. The van der Waals surface area contributed by atoms with E-state index in [0.29, 0.717) is 15.7 Å². The molecule has 2 aromatic rings. The quantitative estimate of drug-likeness (QED) is 0.944. The number of nitrogens with zero attached hydrogens (tertiary/aromatic N) is 2. The highest BCUT2D eigenvalue weighted by Gasteiger charge is 2.07. The molecular formula is C12H9Cl2N3O2. The number of carbonyl (C=O) groups excluding carboxylic acids is 1. The first-order valence-electron chi connectivity index (χ1n) is 5.31. The lowest BCUT2D eigenvalue weighted by atomic mass is 10.3. The van der Waals surface area contributed by atoms with Crippen LogP contribution in [0.1, 0.15) is 0 Å². The lowest BCUT2D eigenvalue weighted by Gasteiger charge is -2.08. The van der Waals surface area contributed by atoms with Crippen LogP contribution in [-0.2, 0) is 11.3 Å². The van der Waals surface area contributed by atoms with Gasteiger partial charge in [0.15, 0.2) is 0 Å². The number of carbonyl (C=O) groups is 1. The van der Waals surface area contributed by atoms with Crippen LogP contribution in [-0.4, -0.2) is 15.5 Å². The first-order valence-corrected chi connectivity index (χ1v) is 6.07. The van der Waals surface area contributed by atoms with E-state index in [0.717, 1.165) is 0 Å². The van der Waals surface area contributed by atoms with Crippen LogP contribution in [0.3, 0.4) is 0 Å². The van der Waals surface area contributed by atoms with E-state index in [1.54, 1.807) is 12.1 Å². The number of halogens is 2. The average molecular weight is 298 g/mol. The Hall–Kier alpha value is -1.85. The monoisotopic (exact) mass is 297 g/mol. The Morgan fingerprint density at radius 2 is 2.11 bits per heavy atom. The molecule has 5 nitrogen and oxygen atoms in total. The Balaban J connectivity index is 2.10. The number of benzene rings is 1. The number of nitrogens with one attached hydrogen (secondary N) is 1. The molecule has 19 heavy (non-hydrogen) atoms. The van der Waals surface area contributed by atoms with Crippen molar-refractivity contribution in [3.05, 3.63) is 57.2 Å². The number of anilines is 1. The maximum absolute atomic E-state index is 11.8. The van der Waals surface area contributed by atoms with E-state index in [2.05, 4.69) is 10.3 Å². The summed E-state index contributed by atoms with van der Waals surface area (Å²) in [6, 6.07) is 6.01. The van der Waals surface area contributed by atoms with Crippen molar-refractivity contribution in [1.82, 2.24) is 9.55 Å². The maximum atomic E-state index is 11.8. The van der Waals surface area contributed by atoms with Gasteiger partial charge in [-0.15, -0.1) is 0 Å². The molecule has 2 rings (SSSR count). The maximum Gasteiger partial charge on any atom is 0.253 e. The highest BCUT2D eigenvalue weighted by Crippen LogP contribution is 2.25. The molecule has 0 atom stereocenters. The van der Waals surface area contributed by atoms with Crippen LogP contribution >= 0.6 is 23.2 Å². The summed E-state index contributed by atoms with van der Waals surface area (Å²) in [5.74, 6) is -0.376. The molecule has 1 N–H and O–H groups in total. The van der Waals surface area contributed by atoms with Crippen LogP contribution in [0, 0.1) is 0 Å². The SMILES string of the molecule is O=C(Cn1cnccc1=O)Nc1ccc(Cl)cc1Cl. The first-order chi connectivity index (χ1) is 9.06. The van der Waals surface area contributed by atoms with Gasteiger partial charge >= 0.3 is 0 Å². The van der Waals surface area contributed by atoms with Crippen LogP contribution < -0.4 is 10.9 Å². The van der Waals surface area contributed by atoms with Gasteiger partial charge in [-0.25, -0.2) is 4.98 Å². The summed E-state index contributed by atoms with van der Waals surface area (Å²) in [7, 11) is 0. The van der Waals surface area contributed by atoms with Crippen LogP contribution in [0.25, 0.3) is 0 Å². The van der Waals surface area contributed by atoms with Gasteiger partial charge in [-0.05, 0) is 18.2 Å². The molecule has 98 valence electrons. The first kappa shape index (κ1) is 13.6. The fourth-order valence-corrected chi connectivity index (χ4v) is 1.89. The second-order valence-corrected chi connectivity index (χ2v) is 4.56. The second-order valence-electron chi connectivity index (χ2n) is 3.72. The summed E-state index contributed by atoms with van der Waals surface area (Å²) in [4.78, 5) is 27.0. The van der Waals surface area contributed by atoms with E-state index >= 15 is 0 Å². The van der Waals surface area contributed by atoms with Crippen molar-refractivity contribution >= 4 is 34.8 Å². The van der Waals surface area contributed by atoms with Gasteiger partial charge in [0.25, 0.3) is 5.56 Å². The van der Waals surface area contributed by atoms with Gasteiger partial charge in [-0.2, -0.15) is 0 Å². The lowest BCUT2D eigenvalue weighted by molar-refractivity contribution is -0.116. The number of amides is 1. The molecule has 0 bridgehead atoms. The van der Waals surface area contributed by atoms with Crippen molar-refractivity contribution in [2.45, 2.75) is 6.54 Å². The van der Waals surface area contributed by atoms with Gasteiger partial charge in [-0.3, -0.25) is 14.2 Å². The minimum Gasteiger partial charge on any atom is -0.323 e. The van der Waals surface area contributed by atoms with Crippen molar-refractivity contribution in [2.75, 3.05) is 5.32 Å². The zero-order chi connectivity index (χ0) is 13.8. The Morgan fingerprint density at radius 3 is 2.79 bits per heavy atom. The molecular weight excluding hydrogens is 289 g/mol. The number of hydrogen-bond acceptors (Lipinski definition) is 3. The third-order valence-corrected chi connectivity index (χ3v) is 2.86. The molecule has 7 heteroatoms. The molecule has 0 saturated carbocycles. The summed E-state index contributed by atoms with van der Waals surface area (Å²) < 4.78 is 1.19. The van der Waals surface area contributed by atoms with Crippen LogP contribution in [0.2, 0.25) is 10.0 Å². The van der Waals surface area contributed by atoms with Crippen molar-refractivity contribution < 1.29 is 4.79 Å². The van der Waals surface area contributed by atoms with Crippen molar-refractivity contribution in [2.24, 2.45) is 0 Å². The molecule has 0 saturated heterocycles. The molecule has 1 aromatic carbocycles. The standard InChI is InChI=1S/C12H9Cl2N3O2/c13-8-1-2-10(9(14)5-8)16-11(18)6-17-7-15-4-3-12(17)19/h1-5,7H,6H2,(H,16,18). The summed E-state index contributed by atoms with van der Waals surface area (Å²) >= 11 is 11.7. The van der Waals surface area contributed by atoms with E-state index in [-0.39, 0.29) is 18.0 Å². The van der Waals surface area contributed by atoms with Crippen molar-refractivity contribution in [3.8, 4) is 0 Å². The number of rotatable bonds is 3. The normalized spacial score (nSPS) is 10.2. The summed E-state index contributed by atoms with van der Waals surface area (Å²) in [5.41, 5.74) is 0.139. The predicted molar refractivity (Wildman–Crippen MR) is 73.6 cm³/mol. The van der Waals surface area contributed by atoms with Crippen molar-refractivity contribution in [3.63, 3.8) is 0 Å². The highest BCUT2D eigenvalue weighted by atomic mass is 35.5. The van der Waals surface area contributed by atoms with Crippen molar-refractivity contribution in [1.29, 1.82) is 0 Å². The molecule has 0 aliphatic rings. The zero-order valence-corrected chi connectivity index (χ0v) is 11.1. The Morgan fingerprint density at radius 1 is 1.32 bits per heavy atom. The Kier molecular flexibility index (Phi) is 4.19. The third kappa shape index (κ3) is 3.56.